The zero-order chi connectivity index (χ0) is 21.3. The molecule has 0 spiro atoms. The van der Waals surface area contributed by atoms with E-state index in [0.29, 0.717) is 22.3 Å². The number of benzene rings is 2. The van der Waals surface area contributed by atoms with E-state index < -0.39 is 0 Å². The van der Waals surface area contributed by atoms with E-state index in [1.54, 1.807) is 25.5 Å². The molecule has 0 fully saturated rings. The van der Waals surface area contributed by atoms with Crippen LogP contribution in [0.25, 0.3) is 0 Å². The lowest BCUT2D eigenvalue weighted by atomic mass is 9.80. The molecule has 1 atom stereocenters. The van der Waals surface area contributed by atoms with Crippen LogP contribution in [0.1, 0.15) is 54.6 Å². The number of ether oxygens (including phenoxy) is 1. The van der Waals surface area contributed by atoms with Gasteiger partial charge < -0.3 is 9.64 Å². The second-order valence-electron chi connectivity index (χ2n) is 7.96. The van der Waals surface area contributed by atoms with Gasteiger partial charge in [0.05, 0.1) is 21.9 Å². The molecule has 29 heavy (non-hydrogen) atoms. The summed E-state index contributed by atoms with van der Waals surface area (Å²) in [5.41, 5.74) is 6.29. The molecule has 5 nitrogen and oxygen atoms in total. The van der Waals surface area contributed by atoms with Crippen molar-refractivity contribution in [2.75, 3.05) is 19.1 Å². The van der Waals surface area contributed by atoms with Crippen molar-refractivity contribution >= 4 is 52.0 Å². The highest BCUT2D eigenvalue weighted by Gasteiger charge is 2.34. The number of fused-ring (bicyclic) bond motifs is 1. The lowest BCUT2D eigenvalue weighted by molar-refractivity contribution is 0.0954. The summed E-state index contributed by atoms with van der Waals surface area (Å²) in [6, 6.07) is 9.31. The molecule has 1 aliphatic heterocycles. The van der Waals surface area contributed by atoms with Gasteiger partial charge in [0.2, 0.25) is 0 Å². The van der Waals surface area contributed by atoms with E-state index in [2.05, 4.69) is 71.9 Å². The predicted molar refractivity (Wildman–Crippen MR) is 128 cm³/mol. The number of nitrogens with zero attached hydrogens (tertiary/aromatic N) is 2. The normalized spacial score (nSPS) is 17.9. The number of nitrogens with one attached hydrogen (secondary N) is 1. The van der Waals surface area contributed by atoms with Crippen LogP contribution in [-0.2, 0) is 0 Å². The van der Waals surface area contributed by atoms with Gasteiger partial charge in [-0.15, -0.1) is 0 Å². The van der Waals surface area contributed by atoms with Gasteiger partial charge in [-0.3, -0.25) is 4.79 Å². The highest BCUT2D eigenvalue weighted by atomic mass is 127. The number of rotatable bonds is 4. The van der Waals surface area contributed by atoms with Crippen LogP contribution in [0, 0.1) is 3.57 Å². The summed E-state index contributed by atoms with van der Waals surface area (Å²) in [5.74, 6) is 0.760. The Morgan fingerprint density at radius 1 is 1.38 bits per heavy atom. The maximum absolute atomic E-state index is 12.4. The first-order valence-corrected chi connectivity index (χ1v) is 10.8. The molecule has 1 amide bonds. The summed E-state index contributed by atoms with van der Waals surface area (Å²) in [7, 11) is 3.68. The van der Waals surface area contributed by atoms with E-state index in [1.165, 1.54) is 5.56 Å². The minimum Gasteiger partial charge on any atom is -0.496 e. The fourth-order valence-corrected chi connectivity index (χ4v) is 4.49. The van der Waals surface area contributed by atoms with Crippen LogP contribution in [0.3, 0.4) is 0 Å². The smallest absolute Gasteiger partial charge is 0.271 e. The molecule has 1 N–H and O–H groups in total. The van der Waals surface area contributed by atoms with Gasteiger partial charge >= 0.3 is 0 Å². The number of hydrogen-bond acceptors (Lipinski definition) is 4. The third-order valence-electron chi connectivity index (χ3n) is 5.54. The van der Waals surface area contributed by atoms with Gasteiger partial charge in [-0.2, -0.15) is 5.10 Å². The summed E-state index contributed by atoms with van der Waals surface area (Å²) in [6.07, 6.45) is 2.65. The number of carbonyl (C=O) groups excluding carboxylic acids is 1. The molecule has 2 aromatic carbocycles. The fraction of sp³-hybridized carbons (Fsp3) is 0.364. The van der Waals surface area contributed by atoms with Crippen molar-refractivity contribution in [3.8, 4) is 5.75 Å². The molecule has 2 aromatic rings. The molecule has 0 radical (unpaired) electrons. The van der Waals surface area contributed by atoms with E-state index in [1.807, 2.05) is 12.1 Å². The van der Waals surface area contributed by atoms with Gasteiger partial charge in [-0.1, -0.05) is 18.5 Å². The zero-order valence-electron chi connectivity index (χ0n) is 17.2. The molecule has 0 aromatic heterocycles. The van der Waals surface area contributed by atoms with Crippen LogP contribution in [0.15, 0.2) is 35.4 Å². The SMILES string of the molecule is COc1cc(C(=O)N/N=C/c2cc3c(cc2Cl)N(C)C(C)(C)C[C@H]3C)ccc1I. The first kappa shape index (κ1) is 21.9. The number of carbonyl (C=O) groups is 1. The Balaban J connectivity index is 1.80. The summed E-state index contributed by atoms with van der Waals surface area (Å²) in [6.45, 7) is 6.71. The Morgan fingerprint density at radius 3 is 2.79 bits per heavy atom. The number of hydrogen-bond donors (Lipinski definition) is 1. The molecule has 0 saturated heterocycles. The summed E-state index contributed by atoms with van der Waals surface area (Å²) in [5, 5.41) is 4.72. The largest absolute Gasteiger partial charge is 0.496 e. The van der Waals surface area contributed by atoms with E-state index >= 15 is 0 Å². The van der Waals surface area contributed by atoms with Gasteiger partial charge in [0.25, 0.3) is 5.91 Å². The van der Waals surface area contributed by atoms with Crippen molar-refractivity contribution < 1.29 is 9.53 Å². The Morgan fingerprint density at radius 2 is 2.10 bits per heavy atom. The minimum atomic E-state index is -0.306. The average Bonchev–Trinajstić information content (AvgIpc) is 2.67. The zero-order valence-corrected chi connectivity index (χ0v) is 20.1. The first-order chi connectivity index (χ1) is 13.6. The third kappa shape index (κ3) is 4.53. The highest BCUT2D eigenvalue weighted by Crippen LogP contribution is 2.44. The standard InChI is InChI=1S/C22H25ClIN3O2/c1-13-11-22(2,3)27(4)19-10-17(23)15(8-16(13)19)12-25-26-21(28)14-6-7-18(24)20(9-14)29-5/h6-10,12-13H,11H2,1-5H3,(H,26,28)/b25-12+/t13-/m1/s1. The maximum Gasteiger partial charge on any atom is 0.271 e. The van der Waals surface area contributed by atoms with Crippen LogP contribution in [0.5, 0.6) is 5.75 Å². The number of anilines is 1. The molecule has 1 heterocycles. The van der Waals surface area contributed by atoms with Crippen molar-refractivity contribution in [2.24, 2.45) is 5.10 Å². The van der Waals surface area contributed by atoms with Crippen LogP contribution >= 0.6 is 34.2 Å². The quantitative estimate of drug-likeness (QED) is 0.329. The van der Waals surface area contributed by atoms with Crippen molar-refractivity contribution in [2.45, 2.75) is 38.6 Å². The van der Waals surface area contributed by atoms with Crippen LogP contribution < -0.4 is 15.1 Å². The molecule has 0 aliphatic carbocycles. The van der Waals surface area contributed by atoms with E-state index in [4.69, 9.17) is 16.3 Å². The number of halogens is 2. The van der Waals surface area contributed by atoms with Gasteiger partial charge in [0.15, 0.2) is 0 Å². The highest BCUT2D eigenvalue weighted by molar-refractivity contribution is 14.1. The van der Waals surface area contributed by atoms with Crippen molar-refractivity contribution in [3.05, 3.63) is 55.6 Å². The maximum atomic E-state index is 12.4. The van der Waals surface area contributed by atoms with Gasteiger partial charge in [-0.05, 0) is 84.7 Å². The number of amides is 1. The van der Waals surface area contributed by atoms with Crippen molar-refractivity contribution in [1.82, 2.24) is 5.43 Å². The molecule has 154 valence electrons. The summed E-state index contributed by atoms with van der Waals surface area (Å²) < 4.78 is 6.20. The Hall–Kier alpha value is -1.80. The van der Waals surface area contributed by atoms with Gasteiger partial charge in [0.1, 0.15) is 5.75 Å². The van der Waals surface area contributed by atoms with E-state index in [-0.39, 0.29) is 11.4 Å². The average molecular weight is 526 g/mol. The molecule has 0 unspecified atom stereocenters. The molecular weight excluding hydrogens is 501 g/mol. The fourth-order valence-electron chi connectivity index (χ4n) is 3.73. The third-order valence-corrected chi connectivity index (χ3v) is 6.75. The van der Waals surface area contributed by atoms with Crippen molar-refractivity contribution in [1.29, 1.82) is 0 Å². The van der Waals surface area contributed by atoms with Crippen molar-refractivity contribution in [3.63, 3.8) is 0 Å². The molecule has 3 rings (SSSR count). The first-order valence-electron chi connectivity index (χ1n) is 9.38. The second kappa shape index (κ2) is 8.52. The summed E-state index contributed by atoms with van der Waals surface area (Å²) >= 11 is 8.67. The molecule has 0 bridgehead atoms. The topological polar surface area (TPSA) is 53.9 Å². The summed E-state index contributed by atoms with van der Waals surface area (Å²) in [4.78, 5) is 14.7. The molecule has 1 aliphatic rings. The van der Waals surface area contributed by atoms with E-state index in [0.717, 1.165) is 21.2 Å². The van der Waals surface area contributed by atoms with E-state index in [9.17, 15) is 4.79 Å². The van der Waals surface area contributed by atoms with Gasteiger partial charge in [0, 0.05) is 29.4 Å². The Kier molecular flexibility index (Phi) is 6.43. The van der Waals surface area contributed by atoms with Crippen LogP contribution in [-0.4, -0.2) is 31.8 Å². The number of hydrazone groups is 1. The van der Waals surface area contributed by atoms with Crippen LogP contribution in [0.4, 0.5) is 5.69 Å². The minimum absolute atomic E-state index is 0.0773. The molecule has 0 saturated carbocycles. The lowest BCUT2D eigenvalue weighted by Gasteiger charge is -2.45. The molecule has 7 heteroatoms. The predicted octanol–water partition coefficient (Wildman–Crippen LogP) is 5.44. The second-order valence-corrected chi connectivity index (χ2v) is 9.53. The lowest BCUT2D eigenvalue weighted by Crippen LogP contribution is -2.45. The molecular formula is C22H25ClIN3O2. The van der Waals surface area contributed by atoms with Gasteiger partial charge in [-0.25, -0.2) is 5.43 Å². The monoisotopic (exact) mass is 525 g/mol. The number of methoxy groups -OCH3 is 1. The van der Waals surface area contributed by atoms with Crippen LogP contribution in [0.2, 0.25) is 5.02 Å². The Labute approximate surface area is 190 Å². The Bertz CT molecular complexity index is 975.